The Bertz CT molecular complexity index is 364. The highest BCUT2D eigenvalue weighted by Crippen LogP contribution is 2.28. The maximum Gasteiger partial charge on any atom is 0.254 e. The van der Waals surface area contributed by atoms with Crippen LogP contribution in [0.1, 0.15) is 23.2 Å². The molecule has 5 heteroatoms. The first-order valence-electron chi connectivity index (χ1n) is 6.26. The van der Waals surface area contributed by atoms with Crippen molar-refractivity contribution in [3.05, 3.63) is 24.2 Å². The zero-order chi connectivity index (χ0) is 12.8. The summed E-state index contributed by atoms with van der Waals surface area (Å²) in [6.07, 6.45) is 5.00. The lowest BCUT2D eigenvalue weighted by Gasteiger charge is -2.37. The van der Waals surface area contributed by atoms with E-state index in [4.69, 9.17) is 9.15 Å². The average Bonchev–Trinajstić information content (AvgIpc) is 2.91. The van der Waals surface area contributed by atoms with Crippen LogP contribution in [0, 0.1) is 5.41 Å². The molecule has 0 radical (unpaired) electrons. The topological polar surface area (TPSA) is 63.5 Å². The summed E-state index contributed by atoms with van der Waals surface area (Å²) in [6.45, 7) is 3.28. The highest BCUT2D eigenvalue weighted by atomic mass is 16.5. The fourth-order valence-corrected chi connectivity index (χ4v) is 2.40. The summed E-state index contributed by atoms with van der Waals surface area (Å²) in [6, 6.07) is 1.67. The molecule has 0 spiro atoms. The quantitative estimate of drug-likeness (QED) is 0.821. The first-order chi connectivity index (χ1) is 8.76. The lowest BCUT2D eigenvalue weighted by molar-refractivity contribution is 0.0511. The van der Waals surface area contributed by atoms with Gasteiger partial charge in [-0.05, 0) is 32.0 Å². The number of carbonyl (C=O) groups is 1. The molecular formula is C13H20N2O3. The van der Waals surface area contributed by atoms with Gasteiger partial charge >= 0.3 is 0 Å². The number of furan rings is 1. The number of hydrogen-bond donors (Lipinski definition) is 2. The van der Waals surface area contributed by atoms with E-state index in [1.807, 2.05) is 0 Å². The molecule has 0 aliphatic carbocycles. The van der Waals surface area contributed by atoms with Crippen LogP contribution in [-0.2, 0) is 4.74 Å². The number of amides is 1. The summed E-state index contributed by atoms with van der Waals surface area (Å²) in [5.74, 6) is -0.0854. The van der Waals surface area contributed by atoms with E-state index in [0.717, 1.165) is 25.9 Å². The number of piperidine rings is 1. The average molecular weight is 252 g/mol. The second-order valence-electron chi connectivity index (χ2n) is 4.88. The van der Waals surface area contributed by atoms with E-state index in [1.54, 1.807) is 13.2 Å². The van der Waals surface area contributed by atoms with Gasteiger partial charge in [-0.1, -0.05) is 0 Å². The van der Waals surface area contributed by atoms with Gasteiger partial charge in [0.15, 0.2) is 0 Å². The van der Waals surface area contributed by atoms with Gasteiger partial charge in [0, 0.05) is 19.1 Å². The Morgan fingerprint density at radius 2 is 2.33 bits per heavy atom. The van der Waals surface area contributed by atoms with Crippen LogP contribution in [-0.4, -0.2) is 39.3 Å². The maximum atomic E-state index is 11.9. The molecule has 1 aliphatic heterocycles. The molecule has 0 bridgehead atoms. The molecule has 1 aromatic rings. The third-order valence-electron chi connectivity index (χ3n) is 3.52. The molecular weight excluding hydrogens is 232 g/mol. The molecule has 2 N–H and O–H groups in total. The molecule has 1 amide bonds. The molecule has 1 fully saturated rings. The Morgan fingerprint density at radius 1 is 1.56 bits per heavy atom. The van der Waals surface area contributed by atoms with Gasteiger partial charge in [-0.25, -0.2) is 0 Å². The molecule has 100 valence electrons. The van der Waals surface area contributed by atoms with E-state index < -0.39 is 0 Å². The summed E-state index contributed by atoms with van der Waals surface area (Å²) in [5.41, 5.74) is 0.621. The van der Waals surface area contributed by atoms with E-state index in [9.17, 15) is 4.79 Å². The standard InChI is InChI=1S/C13H20N2O3/c1-17-10-13(3-5-14-6-4-13)9-15-12(16)11-2-7-18-8-11/h2,7-8,14H,3-6,9-10H2,1H3,(H,15,16). The van der Waals surface area contributed by atoms with Crippen LogP contribution in [0.5, 0.6) is 0 Å². The minimum atomic E-state index is -0.0854. The van der Waals surface area contributed by atoms with Gasteiger partial charge in [0.1, 0.15) is 6.26 Å². The fraction of sp³-hybridized carbons (Fsp3) is 0.615. The molecule has 0 saturated carbocycles. The zero-order valence-corrected chi connectivity index (χ0v) is 10.7. The van der Waals surface area contributed by atoms with Crippen molar-refractivity contribution in [3.63, 3.8) is 0 Å². The molecule has 5 nitrogen and oxygen atoms in total. The van der Waals surface area contributed by atoms with Gasteiger partial charge in [-0.2, -0.15) is 0 Å². The highest BCUT2D eigenvalue weighted by Gasteiger charge is 2.32. The van der Waals surface area contributed by atoms with Crippen LogP contribution in [0.15, 0.2) is 23.0 Å². The van der Waals surface area contributed by atoms with Crippen LogP contribution < -0.4 is 10.6 Å². The molecule has 1 aliphatic rings. The van der Waals surface area contributed by atoms with E-state index in [-0.39, 0.29) is 11.3 Å². The Balaban J connectivity index is 1.91. The predicted molar refractivity (Wildman–Crippen MR) is 67.5 cm³/mol. The molecule has 0 atom stereocenters. The zero-order valence-electron chi connectivity index (χ0n) is 10.7. The van der Waals surface area contributed by atoms with Crippen LogP contribution in [0.25, 0.3) is 0 Å². The Labute approximate surface area is 107 Å². The molecule has 0 unspecified atom stereocenters. The highest BCUT2D eigenvalue weighted by molar-refractivity contribution is 5.93. The van der Waals surface area contributed by atoms with Crippen molar-refractivity contribution in [2.24, 2.45) is 5.41 Å². The molecule has 1 saturated heterocycles. The van der Waals surface area contributed by atoms with Crippen molar-refractivity contribution in [1.82, 2.24) is 10.6 Å². The first-order valence-corrected chi connectivity index (χ1v) is 6.26. The van der Waals surface area contributed by atoms with Gasteiger partial charge in [-0.15, -0.1) is 0 Å². The van der Waals surface area contributed by atoms with E-state index in [1.165, 1.54) is 12.5 Å². The van der Waals surface area contributed by atoms with Crippen molar-refractivity contribution in [1.29, 1.82) is 0 Å². The molecule has 2 rings (SSSR count). The molecule has 1 aromatic heterocycles. The number of hydrogen-bond acceptors (Lipinski definition) is 4. The van der Waals surface area contributed by atoms with Crippen LogP contribution in [0.2, 0.25) is 0 Å². The number of carbonyl (C=O) groups excluding carboxylic acids is 1. The number of ether oxygens (including phenoxy) is 1. The second kappa shape index (κ2) is 6.02. The van der Waals surface area contributed by atoms with Crippen molar-refractivity contribution >= 4 is 5.91 Å². The Morgan fingerprint density at radius 3 is 2.94 bits per heavy atom. The first kappa shape index (κ1) is 13.1. The lowest BCUT2D eigenvalue weighted by Crippen LogP contribution is -2.47. The summed E-state index contributed by atoms with van der Waals surface area (Å²) in [7, 11) is 1.71. The molecule has 18 heavy (non-hydrogen) atoms. The Hall–Kier alpha value is -1.33. The Kier molecular flexibility index (Phi) is 4.38. The second-order valence-corrected chi connectivity index (χ2v) is 4.88. The summed E-state index contributed by atoms with van der Waals surface area (Å²) < 4.78 is 10.2. The van der Waals surface area contributed by atoms with Crippen molar-refractivity contribution < 1.29 is 13.9 Å². The normalized spacial score (nSPS) is 18.5. The van der Waals surface area contributed by atoms with E-state index in [2.05, 4.69) is 10.6 Å². The van der Waals surface area contributed by atoms with Gasteiger partial charge in [0.05, 0.1) is 18.4 Å². The van der Waals surface area contributed by atoms with Crippen LogP contribution in [0.4, 0.5) is 0 Å². The van der Waals surface area contributed by atoms with Gasteiger partial charge in [-0.3, -0.25) is 4.79 Å². The largest absolute Gasteiger partial charge is 0.472 e. The van der Waals surface area contributed by atoms with Crippen molar-refractivity contribution in [2.75, 3.05) is 33.4 Å². The van der Waals surface area contributed by atoms with Crippen molar-refractivity contribution in [3.8, 4) is 0 Å². The monoisotopic (exact) mass is 252 g/mol. The summed E-state index contributed by atoms with van der Waals surface area (Å²) in [5, 5.41) is 6.30. The minimum absolute atomic E-state index is 0.0550. The van der Waals surface area contributed by atoms with Gasteiger partial charge in [0.2, 0.25) is 0 Å². The lowest BCUT2D eigenvalue weighted by atomic mass is 9.79. The SMILES string of the molecule is COCC1(CNC(=O)c2ccoc2)CCNCC1. The van der Waals surface area contributed by atoms with Gasteiger partial charge in [0.25, 0.3) is 5.91 Å². The third kappa shape index (κ3) is 3.11. The van der Waals surface area contributed by atoms with E-state index in [0.29, 0.717) is 18.7 Å². The molecule has 0 aromatic carbocycles. The predicted octanol–water partition coefficient (Wildman–Crippen LogP) is 1.03. The number of nitrogens with one attached hydrogen (secondary N) is 2. The fourth-order valence-electron chi connectivity index (χ4n) is 2.40. The number of methoxy groups -OCH3 is 1. The number of rotatable bonds is 5. The maximum absolute atomic E-state index is 11.9. The van der Waals surface area contributed by atoms with Crippen molar-refractivity contribution in [2.45, 2.75) is 12.8 Å². The molecule has 2 heterocycles. The smallest absolute Gasteiger partial charge is 0.254 e. The summed E-state index contributed by atoms with van der Waals surface area (Å²) in [4.78, 5) is 11.9. The van der Waals surface area contributed by atoms with Crippen LogP contribution in [0.3, 0.4) is 0 Å². The summed E-state index contributed by atoms with van der Waals surface area (Å²) >= 11 is 0. The third-order valence-corrected chi connectivity index (χ3v) is 3.52. The van der Waals surface area contributed by atoms with Gasteiger partial charge < -0.3 is 19.8 Å². The minimum Gasteiger partial charge on any atom is -0.472 e. The van der Waals surface area contributed by atoms with E-state index >= 15 is 0 Å². The van der Waals surface area contributed by atoms with Crippen LogP contribution >= 0.6 is 0 Å².